The first-order chi connectivity index (χ1) is 7.13. The first-order valence-electron chi connectivity index (χ1n) is 5.04. The molecule has 0 spiro atoms. The van der Waals surface area contributed by atoms with Gasteiger partial charge in [-0.2, -0.15) is 0 Å². The Morgan fingerprint density at radius 2 is 2.27 bits per heavy atom. The molecule has 1 atom stereocenters. The van der Waals surface area contributed by atoms with Gasteiger partial charge in [0.1, 0.15) is 0 Å². The molecule has 1 unspecified atom stereocenters. The Hall–Kier alpha value is -0.740. The predicted octanol–water partition coefficient (Wildman–Crippen LogP) is 2.87. The molecular weight excluding hydrogens is 256 g/mol. The van der Waals surface area contributed by atoms with Crippen LogP contribution in [0.5, 0.6) is 0 Å². The van der Waals surface area contributed by atoms with Crippen LogP contribution in [-0.2, 0) is 4.74 Å². The summed E-state index contributed by atoms with van der Waals surface area (Å²) in [6.45, 7) is 5.57. The van der Waals surface area contributed by atoms with E-state index in [1.165, 1.54) is 0 Å². The Morgan fingerprint density at radius 3 is 2.87 bits per heavy atom. The summed E-state index contributed by atoms with van der Waals surface area (Å²) >= 11 is 3.45. The molecule has 3 nitrogen and oxygen atoms in total. The second kappa shape index (κ2) is 5.98. The molecule has 0 saturated heterocycles. The molecule has 15 heavy (non-hydrogen) atoms. The van der Waals surface area contributed by atoms with Crippen molar-refractivity contribution in [2.75, 3.05) is 24.2 Å². The lowest BCUT2D eigenvalue weighted by Gasteiger charge is -2.14. The molecule has 1 rings (SSSR count). The number of nitrogen functional groups attached to an aromatic ring is 1. The fourth-order valence-electron chi connectivity index (χ4n) is 1.27. The highest BCUT2D eigenvalue weighted by Crippen LogP contribution is 2.24. The van der Waals surface area contributed by atoms with E-state index in [0.29, 0.717) is 0 Å². The van der Waals surface area contributed by atoms with Gasteiger partial charge in [0.25, 0.3) is 0 Å². The molecule has 3 N–H and O–H groups in total. The average molecular weight is 273 g/mol. The minimum atomic E-state index is 0.208. The first-order valence-corrected chi connectivity index (χ1v) is 5.83. The van der Waals surface area contributed by atoms with Crippen LogP contribution in [0.15, 0.2) is 22.7 Å². The fourth-order valence-corrected chi connectivity index (χ4v) is 1.81. The van der Waals surface area contributed by atoms with Crippen molar-refractivity contribution in [2.24, 2.45) is 0 Å². The molecule has 0 heterocycles. The van der Waals surface area contributed by atoms with Crippen LogP contribution in [0.1, 0.15) is 13.8 Å². The quantitative estimate of drug-likeness (QED) is 0.811. The average Bonchev–Trinajstić information content (AvgIpc) is 2.17. The van der Waals surface area contributed by atoms with Gasteiger partial charge in [-0.15, -0.1) is 0 Å². The molecule has 1 aromatic rings. The van der Waals surface area contributed by atoms with Gasteiger partial charge in [-0.3, -0.25) is 0 Å². The Morgan fingerprint density at radius 1 is 1.53 bits per heavy atom. The number of anilines is 2. The molecule has 0 amide bonds. The van der Waals surface area contributed by atoms with Crippen LogP contribution >= 0.6 is 15.9 Å². The Labute approximate surface area is 99.1 Å². The summed E-state index contributed by atoms with van der Waals surface area (Å²) < 4.78 is 6.40. The maximum absolute atomic E-state index is 5.65. The highest BCUT2D eigenvalue weighted by atomic mass is 79.9. The monoisotopic (exact) mass is 272 g/mol. The maximum Gasteiger partial charge on any atom is 0.0719 e. The molecule has 4 heteroatoms. The van der Waals surface area contributed by atoms with Crippen LogP contribution in [0, 0.1) is 0 Å². The lowest BCUT2D eigenvalue weighted by Crippen LogP contribution is -2.19. The molecule has 0 aromatic heterocycles. The van der Waals surface area contributed by atoms with Crippen LogP contribution in [0.3, 0.4) is 0 Å². The second-order valence-electron chi connectivity index (χ2n) is 3.39. The van der Waals surface area contributed by atoms with Crippen molar-refractivity contribution >= 4 is 27.3 Å². The zero-order valence-corrected chi connectivity index (χ0v) is 10.7. The normalized spacial score (nSPS) is 12.5. The number of rotatable bonds is 5. The van der Waals surface area contributed by atoms with Crippen molar-refractivity contribution < 1.29 is 4.74 Å². The van der Waals surface area contributed by atoms with Gasteiger partial charge < -0.3 is 15.8 Å². The molecule has 0 aliphatic rings. The topological polar surface area (TPSA) is 47.3 Å². The number of nitrogens with one attached hydrogen (secondary N) is 1. The number of nitrogens with two attached hydrogens (primary N) is 1. The van der Waals surface area contributed by atoms with E-state index in [9.17, 15) is 0 Å². The smallest absolute Gasteiger partial charge is 0.0719 e. The van der Waals surface area contributed by atoms with E-state index in [0.717, 1.165) is 29.0 Å². The molecule has 1 aromatic carbocycles. The van der Waals surface area contributed by atoms with Crippen molar-refractivity contribution in [1.82, 2.24) is 0 Å². The molecule has 0 fully saturated rings. The van der Waals surface area contributed by atoms with Crippen LogP contribution < -0.4 is 11.1 Å². The standard InChI is InChI=1S/C11H17BrN2O/c1-3-15-8(2)7-14-11-5-4-9(13)6-10(11)12/h4-6,8,14H,3,7,13H2,1-2H3. The van der Waals surface area contributed by atoms with E-state index < -0.39 is 0 Å². The minimum Gasteiger partial charge on any atom is -0.399 e. The summed E-state index contributed by atoms with van der Waals surface area (Å²) in [6, 6.07) is 5.71. The lowest BCUT2D eigenvalue weighted by atomic mass is 10.3. The lowest BCUT2D eigenvalue weighted by molar-refractivity contribution is 0.0855. The number of ether oxygens (including phenoxy) is 1. The van der Waals surface area contributed by atoms with Crippen LogP contribution in [-0.4, -0.2) is 19.3 Å². The molecule has 0 aliphatic carbocycles. The van der Waals surface area contributed by atoms with Crippen molar-refractivity contribution in [1.29, 1.82) is 0 Å². The zero-order valence-electron chi connectivity index (χ0n) is 9.09. The summed E-state index contributed by atoms with van der Waals surface area (Å²) in [5.74, 6) is 0. The third-order valence-corrected chi connectivity index (χ3v) is 2.68. The van der Waals surface area contributed by atoms with Gasteiger partial charge in [-0.1, -0.05) is 0 Å². The van der Waals surface area contributed by atoms with Crippen molar-refractivity contribution in [2.45, 2.75) is 20.0 Å². The van der Waals surface area contributed by atoms with Crippen LogP contribution in [0.2, 0.25) is 0 Å². The molecule has 0 aliphatic heterocycles. The summed E-state index contributed by atoms with van der Waals surface area (Å²) in [6.07, 6.45) is 0.208. The fraction of sp³-hybridized carbons (Fsp3) is 0.455. The maximum atomic E-state index is 5.65. The third-order valence-electron chi connectivity index (χ3n) is 2.02. The Balaban J connectivity index is 2.50. The van der Waals surface area contributed by atoms with E-state index in [1.807, 2.05) is 32.0 Å². The molecular formula is C11H17BrN2O. The highest BCUT2D eigenvalue weighted by molar-refractivity contribution is 9.10. The number of hydrogen-bond donors (Lipinski definition) is 2. The van der Waals surface area contributed by atoms with Gasteiger partial charge in [0.2, 0.25) is 0 Å². The van der Waals surface area contributed by atoms with Gasteiger partial charge in [-0.05, 0) is 48.0 Å². The van der Waals surface area contributed by atoms with Gasteiger partial charge in [0.15, 0.2) is 0 Å². The van der Waals surface area contributed by atoms with E-state index in [2.05, 4.69) is 21.2 Å². The number of benzene rings is 1. The van der Waals surface area contributed by atoms with Gasteiger partial charge in [0.05, 0.1) is 6.10 Å². The highest BCUT2D eigenvalue weighted by Gasteiger charge is 2.03. The predicted molar refractivity (Wildman–Crippen MR) is 68.1 cm³/mol. The summed E-state index contributed by atoms with van der Waals surface area (Å²) in [4.78, 5) is 0. The van der Waals surface area contributed by atoms with Gasteiger partial charge in [-0.25, -0.2) is 0 Å². The second-order valence-corrected chi connectivity index (χ2v) is 4.24. The van der Waals surface area contributed by atoms with Crippen LogP contribution in [0.4, 0.5) is 11.4 Å². The van der Waals surface area contributed by atoms with Crippen molar-refractivity contribution in [3.8, 4) is 0 Å². The number of halogens is 1. The number of hydrogen-bond acceptors (Lipinski definition) is 3. The summed E-state index contributed by atoms with van der Waals surface area (Å²) in [7, 11) is 0. The van der Waals surface area contributed by atoms with Crippen molar-refractivity contribution in [3.05, 3.63) is 22.7 Å². The SMILES string of the molecule is CCOC(C)CNc1ccc(N)cc1Br. The Bertz CT molecular complexity index is 317. The molecule has 0 bridgehead atoms. The minimum absolute atomic E-state index is 0.208. The van der Waals surface area contributed by atoms with Gasteiger partial charge in [0, 0.05) is 29.0 Å². The zero-order chi connectivity index (χ0) is 11.3. The van der Waals surface area contributed by atoms with E-state index in [-0.39, 0.29) is 6.10 Å². The van der Waals surface area contributed by atoms with Gasteiger partial charge >= 0.3 is 0 Å². The van der Waals surface area contributed by atoms with E-state index >= 15 is 0 Å². The van der Waals surface area contributed by atoms with Crippen LogP contribution in [0.25, 0.3) is 0 Å². The summed E-state index contributed by atoms with van der Waals surface area (Å²) in [5, 5.41) is 3.30. The third kappa shape index (κ3) is 4.10. The van der Waals surface area contributed by atoms with E-state index in [1.54, 1.807) is 0 Å². The molecule has 84 valence electrons. The molecule has 0 radical (unpaired) electrons. The largest absolute Gasteiger partial charge is 0.399 e. The van der Waals surface area contributed by atoms with E-state index in [4.69, 9.17) is 10.5 Å². The summed E-state index contributed by atoms with van der Waals surface area (Å²) in [5.41, 5.74) is 7.44. The molecule has 0 saturated carbocycles. The van der Waals surface area contributed by atoms with Crippen molar-refractivity contribution in [3.63, 3.8) is 0 Å². The Kier molecular flexibility index (Phi) is 4.91. The first kappa shape index (κ1) is 12.3.